The Balaban J connectivity index is 2.65. The molecule has 0 aliphatic rings. The normalized spacial score (nSPS) is 10.3. The summed E-state index contributed by atoms with van der Waals surface area (Å²) in [4.78, 5) is 23.9. The molecule has 0 bridgehead atoms. The van der Waals surface area contributed by atoms with Crippen LogP contribution in [-0.4, -0.2) is 11.7 Å². The first-order valence-electron chi connectivity index (χ1n) is 7.40. The van der Waals surface area contributed by atoms with Gasteiger partial charge in [-0.15, -0.1) is 0 Å². The molecule has 3 nitrogen and oxygen atoms in total. The molecule has 0 heterocycles. The monoisotopic (exact) mass is 274 g/mol. The Morgan fingerprint density at radius 3 is 2.55 bits per heavy atom. The zero-order valence-electron chi connectivity index (χ0n) is 12.3. The molecule has 1 rings (SSSR count). The van der Waals surface area contributed by atoms with Gasteiger partial charge in [0.05, 0.1) is 5.69 Å². The van der Waals surface area contributed by atoms with Crippen LogP contribution in [0.4, 0.5) is 5.69 Å². The van der Waals surface area contributed by atoms with Crippen LogP contribution in [0.5, 0.6) is 0 Å². The van der Waals surface area contributed by atoms with Crippen molar-refractivity contribution in [1.82, 2.24) is 0 Å². The number of carbonyl (C=O) groups is 2. The van der Waals surface area contributed by atoms with Crippen LogP contribution < -0.4 is 5.32 Å². The van der Waals surface area contributed by atoms with E-state index in [9.17, 15) is 9.59 Å². The van der Waals surface area contributed by atoms with Crippen LogP contribution in [-0.2, 0) is 4.79 Å². The molecule has 0 aliphatic carbocycles. The SMILES string of the molecule is [CH2]CCCC(=O)c1ccccc1NC(=O)CCCCC. The molecule has 1 N–H and O–H groups in total. The number of benzene rings is 1. The fourth-order valence-electron chi connectivity index (χ4n) is 2.00. The van der Waals surface area contributed by atoms with Crippen LogP contribution in [0.2, 0.25) is 0 Å². The van der Waals surface area contributed by atoms with Gasteiger partial charge in [0.15, 0.2) is 5.78 Å². The van der Waals surface area contributed by atoms with Crippen LogP contribution in [0.15, 0.2) is 24.3 Å². The number of unbranched alkanes of at least 4 members (excludes halogenated alkanes) is 3. The third kappa shape index (κ3) is 5.55. The predicted octanol–water partition coefficient (Wildman–Crippen LogP) is 4.39. The van der Waals surface area contributed by atoms with Gasteiger partial charge in [0.1, 0.15) is 0 Å². The van der Waals surface area contributed by atoms with Gasteiger partial charge in [-0.1, -0.05) is 45.2 Å². The summed E-state index contributed by atoms with van der Waals surface area (Å²) in [5.74, 6) is 0.0500. The van der Waals surface area contributed by atoms with Crippen molar-refractivity contribution in [2.45, 2.75) is 51.9 Å². The maximum Gasteiger partial charge on any atom is 0.224 e. The Morgan fingerprint density at radius 2 is 1.85 bits per heavy atom. The molecule has 0 aromatic heterocycles. The molecule has 1 radical (unpaired) electrons. The van der Waals surface area contributed by atoms with Gasteiger partial charge >= 0.3 is 0 Å². The van der Waals surface area contributed by atoms with E-state index in [2.05, 4.69) is 19.2 Å². The van der Waals surface area contributed by atoms with Gasteiger partial charge in [0.25, 0.3) is 0 Å². The van der Waals surface area contributed by atoms with Crippen molar-refractivity contribution in [3.63, 3.8) is 0 Å². The van der Waals surface area contributed by atoms with E-state index in [1.54, 1.807) is 12.1 Å². The molecule has 0 aliphatic heterocycles. The van der Waals surface area contributed by atoms with Gasteiger partial charge in [-0.3, -0.25) is 9.59 Å². The highest BCUT2D eigenvalue weighted by atomic mass is 16.1. The summed E-state index contributed by atoms with van der Waals surface area (Å²) in [6, 6.07) is 7.21. The Kier molecular flexibility index (Phi) is 7.63. The molecular weight excluding hydrogens is 250 g/mol. The zero-order chi connectivity index (χ0) is 14.8. The number of para-hydroxylation sites is 1. The Labute approximate surface area is 121 Å². The van der Waals surface area contributed by atoms with E-state index in [-0.39, 0.29) is 11.7 Å². The quantitative estimate of drug-likeness (QED) is 0.536. The first-order valence-corrected chi connectivity index (χ1v) is 7.40. The molecular formula is C17H24NO2. The molecule has 0 saturated heterocycles. The van der Waals surface area contributed by atoms with E-state index >= 15 is 0 Å². The second-order valence-electron chi connectivity index (χ2n) is 4.93. The largest absolute Gasteiger partial charge is 0.325 e. The van der Waals surface area contributed by atoms with Crippen molar-refractivity contribution in [2.24, 2.45) is 0 Å². The van der Waals surface area contributed by atoms with Gasteiger partial charge in [0.2, 0.25) is 5.91 Å². The highest BCUT2D eigenvalue weighted by Crippen LogP contribution is 2.18. The standard InChI is InChI=1S/C17H24NO2/c1-3-5-7-13-17(20)18-15-11-9-8-10-14(15)16(19)12-6-4-2/h8-11H,2-7,12-13H2,1H3,(H,18,20). The number of anilines is 1. The summed E-state index contributed by atoms with van der Waals surface area (Å²) in [6.45, 7) is 5.85. The van der Waals surface area contributed by atoms with E-state index < -0.39 is 0 Å². The topological polar surface area (TPSA) is 46.2 Å². The molecule has 1 aromatic rings. The summed E-state index contributed by atoms with van der Waals surface area (Å²) < 4.78 is 0. The number of carbonyl (C=O) groups excluding carboxylic acids is 2. The maximum atomic E-state index is 12.1. The average Bonchev–Trinajstić information content (AvgIpc) is 2.45. The number of hydrogen-bond donors (Lipinski definition) is 1. The van der Waals surface area contributed by atoms with E-state index in [0.29, 0.717) is 24.1 Å². The Hall–Kier alpha value is -1.64. The minimum absolute atomic E-state index is 0.0177. The Morgan fingerprint density at radius 1 is 1.10 bits per heavy atom. The molecule has 0 unspecified atom stereocenters. The smallest absolute Gasteiger partial charge is 0.224 e. The maximum absolute atomic E-state index is 12.1. The van der Waals surface area contributed by atoms with Gasteiger partial charge in [0, 0.05) is 18.4 Å². The summed E-state index contributed by atoms with van der Waals surface area (Å²) in [5.41, 5.74) is 1.23. The fraction of sp³-hybridized carbons (Fsp3) is 0.471. The second kappa shape index (κ2) is 9.29. The summed E-state index contributed by atoms with van der Waals surface area (Å²) >= 11 is 0. The van der Waals surface area contributed by atoms with E-state index in [1.807, 2.05) is 12.1 Å². The van der Waals surface area contributed by atoms with Crippen LogP contribution in [0.1, 0.15) is 62.2 Å². The van der Waals surface area contributed by atoms with Crippen molar-refractivity contribution in [3.8, 4) is 0 Å². The molecule has 1 aromatic carbocycles. The summed E-state index contributed by atoms with van der Waals surface area (Å²) in [7, 11) is 0. The predicted molar refractivity (Wildman–Crippen MR) is 82.8 cm³/mol. The minimum Gasteiger partial charge on any atom is -0.325 e. The highest BCUT2D eigenvalue weighted by Gasteiger charge is 2.12. The number of rotatable bonds is 9. The first kappa shape index (κ1) is 16.4. The third-order valence-electron chi connectivity index (χ3n) is 3.16. The van der Waals surface area contributed by atoms with Crippen LogP contribution in [0, 0.1) is 6.92 Å². The third-order valence-corrected chi connectivity index (χ3v) is 3.16. The number of hydrogen-bond acceptors (Lipinski definition) is 2. The van der Waals surface area contributed by atoms with Gasteiger partial charge in [-0.2, -0.15) is 0 Å². The lowest BCUT2D eigenvalue weighted by Crippen LogP contribution is -2.14. The van der Waals surface area contributed by atoms with E-state index in [4.69, 9.17) is 0 Å². The molecule has 3 heteroatoms. The van der Waals surface area contributed by atoms with Crippen molar-refractivity contribution in [3.05, 3.63) is 36.8 Å². The van der Waals surface area contributed by atoms with Crippen LogP contribution in [0.25, 0.3) is 0 Å². The minimum atomic E-state index is -0.0177. The Bertz CT molecular complexity index is 440. The lowest BCUT2D eigenvalue weighted by Gasteiger charge is -2.10. The molecule has 0 spiro atoms. The van der Waals surface area contributed by atoms with Gasteiger partial charge in [-0.25, -0.2) is 0 Å². The lowest BCUT2D eigenvalue weighted by atomic mass is 10.0. The number of amides is 1. The highest BCUT2D eigenvalue weighted by molar-refractivity contribution is 6.04. The van der Waals surface area contributed by atoms with E-state index in [1.165, 1.54) is 0 Å². The molecule has 0 fully saturated rings. The summed E-state index contributed by atoms with van der Waals surface area (Å²) in [6.07, 6.45) is 5.54. The summed E-state index contributed by atoms with van der Waals surface area (Å²) in [5, 5.41) is 2.85. The number of nitrogens with one attached hydrogen (secondary N) is 1. The number of ketones is 1. The zero-order valence-corrected chi connectivity index (χ0v) is 12.3. The average molecular weight is 274 g/mol. The van der Waals surface area contributed by atoms with Gasteiger partial charge < -0.3 is 5.32 Å². The molecule has 20 heavy (non-hydrogen) atoms. The molecule has 1 amide bonds. The fourth-order valence-corrected chi connectivity index (χ4v) is 2.00. The van der Waals surface area contributed by atoms with Crippen LogP contribution in [0.3, 0.4) is 0 Å². The van der Waals surface area contributed by atoms with Gasteiger partial charge in [-0.05, 0) is 25.0 Å². The van der Waals surface area contributed by atoms with Crippen LogP contribution >= 0.6 is 0 Å². The molecule has 0 saturated carbocycles. The first-order chi connectivity index (χ1) is 9.69. The number of Topliss-reactive ketones (excluding diaryl/α,β-unsaturated/α-hetero) is 1. The van der Waals surface area contributed by atoms with Crippen molar-refractivity contribution >= 4 is 17.4 Å². The lowest BCUT2D eigenvalue weighted by molar-refractivity contribution is -0.116. The molecule has 0 atom stereocenters. The van der Waals surface area contributed by atoms with Crippen molar-refractivity contribution in [2.75, 3.05) is 5.32 Å². The molecule has 109 valence electrons. The second-order valence-corrected chi connectivity index (χ2v) is 4.93. The van der Waals surface area contributed by atoms with E-state index in [0.717, 1.165) is 32.1 Å². The van der Waals surface area contributed by atoms with Crippen molar-refractivity contribution in [1.29, 1.82) is 0 Å². The van der Waals surface area contributed by atoms with Crippen molar-refractivity contribution < 1.29 is 9.59 Å².